The third kappa shape index (κ3) is 2.13. The van der Waals surface area contributed by atoms with E-state index >= 15 is 0 Å². The number of aromatic nitrogens is 3. The monoisotopic (exact) mass is 374 g/mol. The van der Waals surface area contributed by atoms with Gasteiger partial charge in [-0.25, -0.2) is 13.2 Å². The van der Waals surface area contributed by atoms with Crippen molar-refractivity contribution in [3.05, 3.63) is 45.7 Å². The van der Waals surface area contributed by atoms with Gasteiger partial charge in [-0.05, 0) is 43.0 Å². The Morgan fingerprint density at radius 2 is 2.04 bits per heavy atom. The van der Waals surface area contributed by atoms with E-state index in [1.807, 2.05) is 4.68 Å². The zero-order chi connectivity index (χ0) is 18.1. The highest BCUT2D eigenvalue weighted by molar-refractivity contribution is 7.89. The van der Waals surface area contributed by atoms with Crippen LogP contribution < -0.4 is 5.76 Å². The summed E-state index contributed by atoms with van der Waals surface area (Å²) >= 11 is 0. The highest BCUT2D eigenvalue weighted by Crippen LogP contribution is 2.30. The maximum absolute atomic E-state index is 13.2. The Balaban J connectivity index is 1.55. The van der Waals surface area contributed by atoms with Crippen LogP contribution in [0.15, 0.2) is 32.3 Å². The number of hydrogen-bond donors (Lipinski definition) is 0. The first-order valence-electron chi connectivity index (χ1n) is 8.62. The van der Waals surface area contributed by atoms with Crippen LogP contribution in [0.4, 0.5) is 0 Å². The molecule has 0 spiro atoms. The van der Waals surface area contributed by atoms with Crippen molar-refractivity contribution < 1.29 is 12.8 Å². The number of rotatable bonds is 2. The molecule has 0 amide bonds. The predicted molar refractivity (Wildman–Crippen MR) is 93.3 cm³/mol. The van der Waals surface area contributed by atoms with Gasteiger partial charge in [0.15, 0.2) is 5.58 Å². The molecule has 0 unspecified atom stereocenters. The zero-order valence-corrected chi connectivity index (χ0v) is 15.1. The SMILES string of the molecule is Cn1c(=O)oc2ccc(S(=O)(=O)N3CCn4nc5c(c4C3)CCC5)cc21. The van der Waals surface area contributed by atoms with E-state index in [1.165, 1.54) is 32.6 Å². The van der Waals surface area contributed by atoms with Crippen molar-refractivity contribution in [2.24, 2.45) is 7.05 Å². The molecule has 2 aliphatic rings. The van der Waals surface area contributed by atoms with Gasteiger partial charge in [0.05, 0.1) is 34.9 Å². The third-order valence-electron chi connectivity index (χ3n) is 5.38. The molecule has 0 radical (unpaired) electrons. The summed E-state index contributed by atoms with van der Waals surface area (Å²) in [5.74, 6) is -0.507. The molecule has 0 N–H and O–H groups in total. The molecule has 5 rings (SSSR count). The van der Waals surface area contributed by atoms with E-state index in [-0.39, 0.29) is 4.90 Å². The third-order valence-corrected chi connectivity index (χ3v) is 7.22. The minimum atomic E-state index is -3.66. The molecule has 8 nitrogen and oxygen atoms in total. The number of benzene rings is 1. The number of aryl methyl sites for hydroxylation is 2. The van der Waals surface area contributed by atoms with Crippen molar-refractivity contribution in [1.29, 1.82) is 0 Å². The van der Waals surface area contributed by atoms with Crippen molar-refractivity contribution >= 4 is 21.1 Å². The Morgan fingerprint density at radius 1 is 1.19 bits per heavy atom. The Bertz CT molecular complexity index is 1200. The van der Waals surface area contributed by atoms with Crippen LogP contribution >= 0.6 is 0 Å². The van der Waals surface area contributed by atoms with Crippen molar-refractivity contribution in [2.45, 2.75) is 37.2 Å². The van der Waals surface area contributed by atoms with Crippen molar-refractivity contribution in [1.82, 2.24) is 18.7 Å². The molecule has 9 heteroatoms. The van der Waals surface area contributed by atoms with E-state index in [4.69, 9.17) is 4.42 Å². The van der Waals surface area contributed by atoms with Gasteiger partial charge in [0, 0.05) is 13.6 Å². The molecule has 2 aromatic heterocycles. The van der Waals surface area contributed by atoms with Gasteiger partial charge in [-0.2, -0.15) is 9.40 Å². The molecule has 1 aliphatic heterocycles. The van der Waals surface area contributed by atoms with Crippen LogP contribution in [0.3, 0.4) is 0 Å². The lowest BCUT2D eigenvalue weighted by Gasteiger charge is -2.27. The summed E-state index contributed by atoms with van der Waals surface area (Å²) in [5.41, 5.74) is 4.21. The molecule has 1 aliphatic carbocycles. The Labute approximate surface area is 149 Å². The zero-order valence-electron chi connectivity index (χ0n) is 14.3. The minimum absolute atomic E-state index is 0.172. The summed E-state index contributed by atoms with van der Waals surface area (Å²) in [6.07, 6.45) is 3.04. The highest BCUT2D eigenvalue weighted by Gasteiger charge is 2.33. The maximum Gasteiger partial charge on any atom is 0.419 e. The smallest absolute Gasteiger partial charge is 0.408 e. The van der Waals surface area contributed by atoms with E-state index in [1.54, 1.807) is 7.05 Å². The van der Waals surface area contributed by atoms with Crippen molar-refractivity contribution in [2.75, 3.05) is 6.54 Å². The minimum Gasteiger partial charge on any atom is -0.408 e. The van der Waals surface area contributed by atoms with Crippen molar-refractivity contribution in [3.8, 4) is 0 Å². The molecule has 3 aromatic rings. The molecule has 0 fully saturated rings. The second-order valence-corrected chi connectivity index (χ2v) is 8.78. The normalized spacial score (nSPS) is 17.6. The number of oxazole rings is 1. The largest absolute Gasteiger partial charge is 0.419 e. The number of sulfonamides is 1. The molecular formula is C17H18N4O4S. The van der Waals surface area contributed by atoms with E-state index in [0.29, 0.717) is 30.7 Å². The van der Waals surface area contributed by atoms with Crippen LogP contribution in [0.25, 0.3) is 11.1 Å². The summed E-state index contributed by atoms with van der Waals surface area (Å²) in [4.78, 5) is 11.8. The Hall–Kier alpha value is -2.39. The fraction of sp³-hybridized carbons (Fsp3) is 0.412. The maximum atomic E-state index is 13.2. The molecule has 0 saturated carbocycles. The molecule has 0 bridgehead atoms. The Morgan fingerprint density at radius 3 is 2.88 bits per heavy atom. The van der Waals surface area contributed by atoms with Gasteiger partial charge in [-0.1, -0.05) is 0 Å². The molecule has 0 atom stereocenters. The first kappa shape index (κ1) is 15.8. The highest BCUT2D eigenvalue weighted by atomic mass is 32.2. The van der Waals surface area contributed by atoms with Gasteiger partial charge in [-0.15, -0.1) is 0 Å². The summed E-state index contributed by atoms with van der Waals surface area (Å²) in [7, 11) is -2.10. The molecule has 0 saturated heterocycles. The van der Waals surface area contributed by atoms with Crippen LogP contribution in [-0.2, 0) is 43.0 Å². The topological polar surface area (TPSA) is 90.3 Å². The lowest BCUT2D eigenvalue weighted by molar-refractivity contribution is 0.324. The van der Waals surface area contributed by atoms with Gasteiger partial charge in [0.25, 0.3) is 0 Å². The van der Waals surface area contributed by atoms with Gasteiger partial charge in [0.1, 0.15) is 0 Å². The van der Waals surface area contributed by atoms with E-state index in [0.717, 1.165) is 30.7 Å². The summed E-state index contributed by atoms with van der Waals surface area (Å²) in [6, 6.07) is 4.54. The Kier molecular flexibility index (Phi) is 3.23. The quantitative estimate of drug-likeness (QED) is 0.668. The van der Waals surface area contributed by atoms with Crippen molar-refractivity contribution in [3.63, 3.8) is 0 Å². The summed E-state index contributed by atoms with van der Waals surface area (Å²) in [5, 5.41) is 4.62. The average molecular weight is 374 g/mol. The summed E-state index contributed by atoms with van der Waals surface area (Å²) < 4.78 is 36.2. The van der Waals surface area contributed by atoms with Crippen LogP contribution in [-0.4, -0.2) is 33.6 Å². The second kappa shape index (κ2) is 5.31. The second-order valence-electron chi connectivity index (χ2n) is 6.84. The number of fused-ring (bicyclic) bond motifs is 4. The summed E-state index contributed by atoms with van der Waals surface area (Å²) in [6.45, 7) is 1.29. The first-order valence-corrected chi connectivity index (χ1v) is 10.1. The van der Waals surface area contributed by atoms with Crippen LogP contribution in [0, 0.1) is 0 Å². The predicted octanol–water partition coefficient (Wildman–Crippen LogP) is 1.02. The van der Waals surface area contributed by atoms with Gasteiger partial charge < -0.3 is 4.42 Å². The van der Waals surface area contributed by atoms with E-state index in [9.17, 15) is 13.2 Å². The van der Waals surface area contributed by atoms with Crippen LogP contribution in [0.5, 0.6) is 0 Å². The van der Waals surface area contributed by atoms with Gasteiger partial charge in [-0.3, -0.25) is 9.25 Å². The fourth-order valence-corrected chi connectivity index (χ4v) is 5.36. The lowest BCUT2D eigenvalue weighted by atomic mass is 10.2. The first-order chi connectivity index (χ1) is 12.4. The van der Waals surface area contributed by atoms with E-state index < -0.39 is 15.8 Å². The standard InChI is InChI=1S/C17H18N4O4S/c1-19-14-9-11(5-6-16(14)25-17(19)22)26(23,24)20-7-8-21-15(10-20)12-3-2-4-13(12)18-21/h5-6,9H,2-4,7-8,10H2,1H3. The van der Waals surface area contributed by atoms with Crippen LogP contribution in [0.2, 0.25) is 0 Å². The molecule has 26 heavy (non-hydrogen) atoms. The lowest BCUT2D eigenvalue weighted by Crippen LogP contribution is -2.38. The molecule has 3 heterocycles. The molecule has 136 valence electrons. The average Bonchev–Trinajstić information content (AvgIpc) is 3.28. The fourth-order valence-electron chi connectivity index (χ4n) is 3.95. The van der Waals surface area contributed by atoms with Crippen LogP contribution in [0.1, 0.15) is 23.4 Å². The van der Waals surface area contributed by atoms with Gasteiger partial charge in [0.2, 0.25) is 10.0 Å². The molecular weight excluding hydrogens is 356 g/mol. The van der Waals surface area contributed by atoms with E-state index in [2.05, 4.69) is 5.10 Å². The number of hydrogen-bond acceptors (Lipinski definition) is 5. The molecule has 1 aromatic carbocycles. The van der Waals surface area contributed by atoms with Gasteiger partial charge >= 0.3 is 5.76 Å². The number of nitrogens with zero attached hydrogens (tertiary/aromatic N) is 4.